The van der Waals surface area contributed by atoms with Crippen LogP contribution in [0.3, 0.4) is 0 Å². The molecule has 0 aliphatic heterocycles. The molecule has 0 aliphatic rings. The molecule has 4 heteroatoms. The summed E-state index contributed by atoms with van der Waals surface area (Å²) in [5, 5.41) is 10.2. The fraction of sp³-hybridized carbons (Fsp3) is 0.400. The van der Waals surface area contributed by atoms with Crippen molar-refractivity contribution in [3.63, 3.8) is 0 Å². The van der Waals surface area contributed by atoms with E-state index in [0.717, 1.165) is 5.56 Å². The number of ether oxygens (including phenoxy) is 1. The first kappa shape index (κ1) is 11.3. The summed E-state index contributed by atoms with van der Waals surface area (Å²) < 4.78 is 5.04. The second kappa shape index (κ2) is 5.20. The molecule has 0 spiro atoms. The van der Waals surface area contributed by atoms with Crippen molar-refractivity contribution in [3.05, 3.63) is 28.8 Å². The predicted octanol–water partition coefficient (Wildman–Crippen LogP) is 1.73. The molecular weight excluding hydrogens is 202 g/mol. The Morgan fingerprint density at radius 1 is 1.50 bits per heavy atom. The fourth-order valence-electron chi connectivity index (χ4n) is 1.22. The van der Waals surface area contributed by atoms with Crippen LogP contribution in [0.15, 0.2) is 18.2 Å². The van der Waals surface area contributed by atoms with Crippen molar-refractivity contribution in [3.8, 4) is 5.75 Å². The lowest BCUT2D eigenvalue weighted by molar-refractivity contribution is 0.170. The molecule has 3 nitrogen and oxygen atoms in total. The maximum absolute atomic E-state index is 9.67. The molecule has 0 aromatic heterocycles. The highest BCUT2D eigenvalue weighted by molar-refractivity contribution is 6.30. The highest BCUT2D eigenvalue weighted by Crippen LogP contribution is 2.26. The van der Waals surface area contributed by atoms with Crippen LogP contribution in [0.2, 0.25) is 5.02 Å². The largest absolute Gasteiger partial charge is 0.497 e. The number of hydrogen-bond acceptors (Lipinski definition) is 3. The minimum absolute atomic E-state index is 0.440. The van der Waals surface area contributed by atoms with E-state index in [1.807, 2.05) is 0 Å². The summed E-state index contributed by atoms with van der Waals surface area (Å²) in [5.41, 5.74) is 6.09. The normalized spacial score (nSPS) is 12.6. The van der Waals surface area contributed by atoms with Gasteiger partial charge in [-0.25, -0.2) is 0 Å². The van der Waals surface area contributed by atoms with Gasteiger partial charge in [-0.3, -0.25) is 0 Å². The van der Waals surface area contributed by atoms with Crippen molar-refractivity contribution in [2.24, 2.45) is 5.73 Å². The monoisotopic (exact) mass is 215 g/mol. The zero-order valence-corrected chi connectivity index (χ0v) is 8.79. The van der Waals surface area contributed by atoms with Crippen LogP contribution in [-0.4, -0.2) is 18.8 Å². The maximum Gasteiger partial charge on any atom is 0.120 e. The van der Waals surface area contributed by atoms with Gasteiger partial charge in [-0.05, 0) is 36.7 Å². The number of halogens is 1. The second-order valence-corrected chi connectivity index (χ2v) is 3.45. The Labute approximate surface area is 88.4 Å². The van der Waals surface area contributed by atoms with Crippen molar-refractivity contribution >= 4 is 11.6 Å². The Balaban J connectivity index is 2.90. The number of benzene rings is 1. The van der Waals surface area contributed by atoms with Crippen LogP contribution in [0.25, 0.3) is 0 Å². The molecule has 0 amide bonds. The number of methoxy groups -OCH3 is 1. The van der Waals surface area contributed by atoms with Gasteiger partial charge in [0.15, 0.2) is 0 Å². The van der Waals surface area contributed by atoms with Crippen molar-refractivity contribution in [2.75, 3.05) is 13.7 Å². The molecule has 1 aromatic carbocycles. The summed E-state index contributed by atoms with van der Waals surface area (Å²) in [6.45, 7) is 0.440. The van der Waals surface area contributed by atoms with E-state index in [9.17, 15) is 5.11 Å². The van der Waals surface area contributed by atoms with E-state index in [1.54, 1.807) is 25.3 Å². The number of aliphatic hydroxyl groups is 1. The minimum atomic E-state index is -0.576. The lowest BCUT2D eigenvalue weighted by atomic mass is 10.1. The van der Waals surface area contributed by atoms with Gasteiger partial charge in [0.05, 0.1) is 13.2 Å². The Morgan fingerprint density at radius 2 is 2.21 bits per heavy atom. The summed E-state index contributed by atoms with van der Waals surface area (Å²) in [6.07, 6.45) is -0.0589. The zero-order valence-electron chi connectivity index (χ0n) is 8.03. The van der Waals surface area contributed by atoms with Gasteiger partial charge in [0.25, 0.3) is 0 Å². The topological polar surface area (TPSA) is 55.5 Å². The first-order chi connectivity index (χ1) is 6.67. The smallest absolute Gasteiger partial charge is 0.120 e. The number of aliphatic hydroxyl groups excluding tert-OH is 1. The molecule has 1 rings (SSSR count). The number of hydrogen-bond donors (Lipinski definition) is 2. The summed E-state index contributed by atoms with van der Waals surface area (Å²) >= 11 is 5.85. The van der Waals surface area contributed by atoms with Crippen molar-refractivity contribution in [2.45, 2.75) is 12.5 Å². The Bertz CT molecular complexity index is 304. The molecule has 1 atom stereocenters. The lowest BCUT2D eigenvalue weighted by Gasteiger charge is -2.11. The minimum Gasteiger partial charge on any atom is -0.497 e. The first-order valence-electron chi connectivity index (χ1n) is 4.40. The third kappa shape index (κ3) is 2.87. The molecule has 1 unspecified atom stereocenters. The molecule has 3 N–H and O–H groups in total. The maximum atomic E-state index is 9.67. The quantitative estimate of drug-likeness (QED) is 0.805. The van der Waals surface area contributed by atoms with Gasteiger partial charge in [-0.2, -0.15) is 0 Å². The molecule has 0 radical (unpaired) electrons. The average Bonchev–Trinajstić information content (AvgIpc) is 2.17. The average molecular weight is 216 g/mol. The molecule has 0 heterocycles. The van der Waals surface area contributed by atoms with Crippen molar-refractivity contribution in [1.82, 2.24) is 0 Å². The van der Waals surface area contributed by atoms with E-state index in [0.29, 0.717) is 23.7 Å². The molecule has 0 saturated heterocycles. The van der Waals surface area contributed by atoms with Gasteiger partial charge in [0.2, 0.25) is 0 Å². The Morgan fingerprint density at radius 3 is 2.79 bits per heavy atom. The summed E-state index contributed by atoms with van der Waals surface area (Å²) in [6, 6.07) is 5.16. The molecular formula is C10H14ClNO2. The molecule has 1 aromatic rings. The van der Waals surface area contributed by atoms with E-state index in [4.69, 9.17) is 22.1 Å². The lowest BCUT2D eigenvalue weighted by Crippen LogP contribution is -2.06. The van der Waals surface area contributed by atoms with Crippen LogP contribution in [-0.2, 0) is 0 Å². The predicted molar refractivity (Wildman–Crippen MR) is 56.6 cm³/mol. The molecule has 78 valence electrons. The number of nitrogens with two attached hydrogens (primary N) is 1. The van der Waals surface area contributed by atoms with E-state index >= 15 is 0 Å². The van der Waals surface area contributed by atoms with Crippen LogP contribution in [0.1, 0.15) is 18.1 Å². The molecule has 0 bridgehead atoms. The molecule has 0 saturated carbocycles. The van der Waals surface area contributed by atoms with Crippen LogP contribution < -0.4 is 10.5 Å². The van der Waals surface area contributed by atoms with Gasteiger partial charge in [-0.1, -0.05) is 11.6 Å². The van der Waals surface area contributed by atoms with E-state index in [2.05, 4.69) is 0 Å². The van der Waals surface area contributed by atoms with Gasteiger partial charge in [0.1, 0.15) is 5.75 Å². The van der Waals surface area contributed by atoms with Crippen LogP contribution in [0, 0.1) is 0 Å². The third-order valence-corrected chi connectivity index (χ3v) is 2.17. The van der Waals surface area contributed by atoms with E-state index in [-0.39, 0.29) is 0 Å². The Hall–Kier alpha value is -0.770. The molecule has 0 aliphatic carbocycles. The van der Waals surface area contributed by atoms with Gasteiger partial charge in [-0.15, -0.1) is 0 Å². The van der Waals surface area contributed by atoms with Crippen LogP contribution in [0.4, 0.5) is 0 Å². The van der Waals surface area contributed by atoms with Crippen molar-refractivity contribution < 1.29 is 9.84 Å². The summed E-state index contributed by atoms with van der Waals surface area (Å²) in [4.78, 5) is 0. The first-order valence-corrected chi connectivity index (χ1v) is 4.77. The van der Waals surface area contributed by atoms with Crippen LogP contribution >= 0.6 is 11.6 Å². The summed E-state index contributed by atoms with van der Waals surface area (Å²) in [5.74, 6) is 0.642. The molecule has 14 heavy (non-hydrogen) atoms. The second-order valence-electron chi connectivity index (χ2n) is 3.02. The fourth-order valence-corrected chi connectivity index (χ4v) is 1.45. The van der Waals surface area contributed by atoms with Gasteiger partial charge in [0, 0.05) is 5.02 Å². The standard InChI is InChI=1S/C10H14ClNO2/c1-14-9-5-7(4-8(11)6-9)10(13)2-3-12/h4-6,10,13H,2-3,12H2,1H3. The summed E-state index contributed by atoms with van der Waals surface area (Å²) in [7, 11) is 1.56. The number of rotatable bonds is 4. The van der Waals surface area contributed by atoms with Crippen molar-refractivity contribution in [1.29, 1.82) is 0 Å². The highest BCUT2D eigenvalue weighted by atomic mass is 35.5. The Kier molecular flexibility index (Phi) is 4.20. The highest BCUT2D eigenvalue weighted by Gasteiger charge is 2.08. The third-order valence-electron chi connectivity index (χ3n) is 1.95. The van der Waals surface area contributed by atoms with E-state index < -0.39 is 6.10 Å². The SMILES string of the molecule is COc1cc(Cl)cc(C(O)CCN)c1. The van der Waals surface area contributed by atoms with Gasteiger partial charge >= 0.3 is 0 Å². The molecule has 0 fully saturated rings. The van der Waals surface area contributed by atoms with Gasteiger partial charge < -0.3 is 15.6 Å². The zero-order chi connectivity index (χ0) is 10.6. The van der Waals surface area contributed by atoms with Crippen LogP contribution in [0.5, 0.6) is 5.75 Å². The van der Waals surface area contributed by atoms with E-state index in [1.165, 1.54) is 0 Å².